The second-order valence-corrected chi connectivity index (χ2v) is 6.93. The Hall–Kier alpha value is -1.43. The van der Waals surface area contributed by atoms with Crippen molar-refractivity contribution in [2.45, 2.75) is 31.8 Å². The fraction of sp³-hybridized carbons (Fsp3) is 0.353. The van der Waals surface area contributed by atoms with Gasteiger partial charge < -0.3 is 5.32 Å². The Labute approximate surface area is 144 Å². The Morgan fingerprint density at radius 3 is 3.00 bits per heavy atom. The number of nitrogens with zero attached hydrogens (tertiary/aromatic N) is 1. The molecule has 2 heterocycles. The molecule has 0 aliphatic carbocycles. The third kappa shape index (κ3) is 3.57. The van der Waals surface area contributed by atoms with Crippen molar-refractivity contribution in [1.82, 2.24) is 4.90 Å². The lowest BCUT2D eigenvalue weighted by molar-refractivity contribution is -0.121. The van der Waals surface area contributed by atoms with Crippen LogP contribution >= 0.6 is 22.9 Å². The summed E-state index contributed by atoms with van der Waals surface area (Å²) >= 11 is 7.66. The van der Waals surface area contributed by atoms with Crippen molar-refractivity contribution >= 4 is 34.5 Å². The van der Waals surface area contributed by atoms with E-state index in [2.05, 4.69) is 27.0 Å². The number of nitrogens with one attached hydrogen (secondary N) is 1. The zero-order valence-corrected chi connectivity index (χ0v) is 14.3. The van der Waals surface area contributed by atoms with E-state index >= 15 is 0 Å². The number of thiophene rings is 1. The molecule has 0 bridgehead atoms. The quantitative estimate of drug-likeness (QED) is 0.864. The van der Waals surface area contributed by atoms with Gasteiger partial charge in [0.2, 0.25) is 5.91 Å². The predicted octanol–water partition coefficient (Wildman–Crippen LogP) is 4.70. The van der Waals surface area contributed by atoms with Gasteiger partial charge in [0.1, 0.15) is 5.82 Å². The van der Waals surface area contributed by atoms with Crippen LogP contribution in [0.5, 0.6) is 0 Å². The number of carbonyl (C=O) groups is 1. The van der Waals surface area contributed by atoms with Crippen LogP contribution in [0.15, 0.2) is 35.0 Å². The minimum Gasteiger partial charge on any atom is -0.323 e. The minimum atomic E-state index is -0.418. The van der Waals surface area contributed by atoms with E-state index in [0.29, 0.717) is 5.69 Å². The Bertz CT molecular complexity index is 692. The molecule has 2 unspecified atom stereocenters. The molecule has 2 atom stereocenters. The van der Waals surface area contributed by atoms with E-state index in [1.54, 1.807) is 11.3 Å². The van der Waals surface area contributed by atoms with Gasteiger partial charge in [0.15, 0.2) is 0 Å². The van der Waals surface area contributed by atoms with Crippen molar-refractivity contribution < 1.29 is 9.18 Å². The lowest BCUT2D eigenvalue weighted by atomic mass is 10.1. The van der Waals surface area contributed by atoms with Gasteiger partial charge in [-0.1, -0.05) is 11.6 Å². The van der Waals surface area contributed by atoms with Crippen LogP contribution in [0, 0.1) is 5.82 Å². The molecular weight excluding hydrogens is 335 g/mol. The SMILES string of the molecule is CC(C(=O)Nc1ccc(F)cc1Cl)N1CCCC1c1ccsc1. The van der Waals surface area contributed by atoms with E-state index in [4.69, 9.17) is 11.6 Å². The van der Waals surface area contributed by atoms with E-state index in [1.807, 2.05) is 6.92 Å². The topological polar surface area (TPSA) is 32.3 Å². The Kier molecular flexibility index (Phi) is 4.99. The number of benzene rings is 1. The molecule has 1 aliphatic rings. The summed E-state index contributed by atoms with van der Waals surface area (Å²) in [5.41, 5.74) is 1.71. The normalized spacial score (nSPS) is 19.7. The third-order valence-corrected chi connectivity index (χ3v) is 5.30. The highest BCUT2D eigenvalue weighted by Gasteiger charge is 2.33. The van der Waals surface area contributed by atoms with Gasteiger partial charge >= 0.3 is 0 Å². The molecule has 3 rings (SSSR count). The first-order valence-electron chi connectivity index (χ1n) is 7.60. The van der Waals surface area contributed by atoms with E-state index in [1.165, 1.54) is 23.8 Å². The maximum Gasteiger partial charge on any atom is 0.241 e. The van der Waals surface area contributed by atoms with Crippen molar-refractivity contribution in [2.75, 3.05) is 11.9 Å². The summed E-state index contributed by atoms with van der Waals surface area (Å²) in [6, 6.07) is 6.11. The van der Waals surface area contributed by atoms with E-state index in [0.717, 1.165) is 19.4 Å². The molecule has 1 aromatic heterocycles. The van der Waals surface area contributed by atoms with E-state index < -0.39 is 5.82 Å². The van der Waals surface area contributed by atoms with Crippen molar-refractivity contribution in [3.05, 3.63) is 51.4 Å². The van der Waals surface area contributed by atoms with Crippen molar-refractivity contribution in [2.24, 2.45) is 0 Å². The summed E-state index contributed by atoms with van der Waals surface area (Å²) in [7, 11) is 0. The van der Waals surface area contributed by atoms with Crippen LogP contribution in [0.25, 0.3) is 0 Å². The molecule has 1 aliphatic heterocycles. The number of likely N-dealkylation sites (tertiary alicyclic amines) is 1. The predicted molar refractivity (Wildman–Crippen MR) is 92.5 cm³/mol. The fourth-order valence-corrected chi connectivity index (χ4v) is 3.98. The molecule has 23 heavy (non-hydrogen) atoms. The first-order chi connectivity index (χ1) is 11.1. The second kappa shape index (κ2) is 6.99. The first kappa shape index (κ1) is 16.4. The average Bonchev–Trinajstić information content (AvgIpc) is 3.19. The lowest BCUT2D eigenvalue weighted by Gasteiger charge is -2.29. The van der Waals surface area contributed by atoms with Gasteiger partial charge in [-0.05, 0) is 66.9 Å². The highest BCUT2D eigenvalue weighted by Crippen LogP contribution is 2.35. The molecule has 0 saturated carbocycles. The van der Waals surface area contributed by atoms with Gasteiger partial charge in [0.05, 0.1) is 16.8 Å². The van der Waals surface area contributed by atoms with Crippen LogP contribution < -0.4 is 5.32 Å². The molecule has 3 nitrogen and oxygen atoms in total. The molecule has 1 fully saturated rings. The summed E-state index contributed by atoms with van der Waals surface area (Å²) in [6.45, 7) is 2.80. The summed E-state index contributed by atoms with van der Waals surface area (Å²) in [5, 5.41) is 7.22. The summed E-state index contributed by atoms with van der Waals surface area (Å²) in [5.74, 6) is -0.543. The van der Waals surface area contributed by atoms with Crippen molar-refractivity contribution in [3.63, 3.8) is 0 Å². The Morgan fingerprint density at radius 2 is 2.30 bits per heavy atom. The van der Waals surface area contributed by atoms with Crippen molar-refractivity contribution in [3.8, 4) is 0 Å². The van der Waals surface area contributed by atoms with E-state index in [-0.39, 0.29) is 23.0 Å². The van der Waals surface area contributed by atoms with Crippen LogP contribution in [0.3, 0.4) is 0 Å². The number of rotatable bonds is 4. The smallest absolute Gasteiger partial charge is 0.241 e. The number of hydrogen-bond donors (Lipinski definition) is 1. The minimum absolute atomic E-state index is 0.124. The Balaban J connectivity index is 1.71. The number of halogens is 2. The van der Waals surface area contributed by atoms with Gasteiger partial charge in [-0.15, -0.1) is 0 Å². The lowest BCUT2D eigenvalue weighted by Crippen LogP contribution is -2.41. The second-order valence-electron chi connectivity index (χ2n) is 5.74. The van der Waals surface area contributed by atoms with Crippen LogP contribution in [0.1, 0.15) is 31.4 Å². The fourth-order valence-electron chi connectivity index (χ4n) is 3.05. The third-order valence-electron chi connectivity index (χ3n) is 4.29. The molecule has 1 aromatic carbocycles. The highest BCUT2D eigenvalue weighted by molar-refractivity contribution is 7.07. The van der Waals surface area contributed by atoms with Gasteiger partial charge in [0.25, 0.3) is 0 Å². The molecule has 1 N–H and O–H groups in total. The maximum absolute atomic E-state index is 13.1. The van der Waals surface area contributed by atoms with Crippen molar-refractivity contribution in [1.29, 1.82) is 0 Å². The molecule has 122 valence electrons. The zero-order chi connectivity index (χ0) is 16.4. The largest absolute Gasteiger partial charge is 0.323 e. The number of hydrogen-bond acceptors (Lipinski definition) is 3. The highest BCUT2D eigenvalue weighted by atomic mass is 35.5. The molecule has 2 aromatic rings. The average molecular weight is 353 g/mol. The van der Waals surface area contributed by atoms with Gasteiger partial charge in [-0.3, -0.25) is 9.69 Å². The number of amides is 1. The van der Waals surface area contributed by atoms with Crippen LogP contribution in [-0.2, 0) is 4.79 Å². The van der Waals surface area contributed by atoms with Crippen LogP contribution in [0.2, 0.25) is 5.02 Å². The zero-order valence-electron chi connectivity index (χ0n) is 12.8. The maximum atomic E-state index is 13.1. The molecule has 1 saturated heterocycles. The molecular formula is C17H18ClFN2OS. The first-order valence-corrected chi connectivity index (χ1v) is 8.92. The monoisotopic (exact) mass is 352 g/mol. The molecule has 6 heteroatoms. The molecule has 0 spiro atoms. The number of carbonyl (C=O) groups excluding carboxylic acids is 1. The molecule has 0 radical (unpaired) electrons. The summed E-state index contributed by atoms with van der Waals surface area (Å²) in [4.78, 5) is 14.8. The van der Waals surface area contributed by atoms with Crippen LogP contribution in [0.4, 0.5) is 10.1 Å². The van der Waals surface area contributed by atoms with Crippen LogP contribution in [-0.4, -0.2) is 23.4 Å². The van der Waals surface area contributed by atoms with Gasteiger partial charge in [-0.2, -0.15) is 11.3 Å². The number of anilines is 1. The summed E-state index contributed by atoms with van der Waals surface area (Å²) in [6.07, 6.45) is 2.14. The standard InChI is InChI=1S/C17H18ClFN2OS/c1-11(17(22)20-15-5-4-13(19)9-14(15)18)21-7-2-3-16(21)12-6-8-23-10-12/h4-6,8-11,16H,2-3,7H2,1H3,(H,20,22). The summed E-state index contributed by atoms with van der Waals surface area (Å²) < 4.78 is 13.1. The molecule has 1 amide bonds. The van der Waals surface area contributed by atoms with Gasteiger partial charge in [0, 0.05) is 6.04 Å². The van der Waals surface area contributed by atoms with Gasteiger partial charge in [-0.25, -0.2) is 4.39 Å². The van der Waals surface area contributed by atoms with E-state index in [9.17, 15) is 9.18 Å². The Morgan fingerprint density at radius 1 is 1.48 bits per heavy atom.